The maximum Gasteiger partial charge on any atom is 0.228 e. The Hall–Kier alpha value is -1.39. The molecule has 0 radical (unpaired) electrons. The van der Waals surface area contributed by atoms with Crippen molar-refractivity contribution in [2.45, 2.75) is 51.0 Å². The van der Waals surface area contributed by atoms with E-state index in [4.69, 9.17) is 20.9 Å². The van der Waals surface area contributed by atoms with E-state index in [1.54, 1.807) is 7.05 Å². The molecule has 0 aliphatic heterocycles. The van der Waals surface area contributed by atoms with Crippen molar-refractivity contribution >= 4 is 41.5 Å². The van der Waals surface area contributed by atoms with E-state index in [1.807, 2.05) is 24.3 Å². The van der Waals surface area contributed by atoms with Crippen LogP contribution in [0.1, 0.15) is 44.4 Å². The molecule has 1 aromatic carbocycles. The number of halogens is 2. The number of rotatable bonds is 9. The number of guanidine groups is 1. The highest BCUT2D eigenvalue weighted by Gasteiger charge is 2.13. The molecule has 0 atom stereocenters. The molecule has 1 saturated carbocycles. The first kappa shape index (κ1) is 24.9. The monoisotopic (exact) mass is 547 g/mol. The summed E-state index contributed by atoms with van der Waals surface area (Å²) in [6.07, 6.45) is 8.44. The summed E-state index contributed by atoms with van der Waals surface area (Å²) in [4.78, 5) is 8.67. The van der Waals surface area contributed by atoms with Gasteiger partial charge in [0.2, 0.25) is 11.7 Å². The van der Waals surface area contributed by atoms with Gasteiger partial charge in [0, 0.05) is 43.8 Å². The topological polar surface area (TPSA) is 84.6 Å². The third-order valence-electron chi connectivity index (χ3n) is 4.94. The number of ether oxygens (including phenoxy) is 1. The van der Waals surface area contributed by atoms with Gasteiger partial charge in [0.1, 0.15) is 0 Å². The molecule has 1 aliphatic carbocycles. The van der Waals surface area contributed by atoms with Crippen molar-refractivity contribution in [2.24, 2.45) is 4.99 Å². The number of aliphatic imine (C=N–C) groups is 1. The van der Waals surface area contributed by atoms with E-state index < -0.39 is 0 Å². The molecule has 1 heterocycles. The first-order chi connectivity index (χ1) is 14.2. The molecule has 1 fully saturated rings. The van der Waals surface area contributed by atoms with Crippen molar-refractivity contribution in [2.75, 3.05) is 26.7 Å². The zero-order valence-electron chi connectivity index (χ0n) is 17.4. The number of benzene rings is 1. The average Bonchev–Trinajstić information content (AvgIpc) is 3.22. The van der Waals surface area contributed by atoms with E-state index in [2.05, 4.69) is 25.8 Å². The second-order valence-corrected chi connectivity index (χ2v) is 7.62. The lowest BCUT2D eigenvalue weighted by Crippen LogP contribution is -2.39. The van der Waals surface area contributed by atoms with Crippen molar-refractivity contribution in [3.8, 4) is 11.4 Å². The fourth-order valence-electron chi connectivity index (χ4n) is 3.34. The van der Waals surface area contributed by atoms with Crippen LogP contribution in [0.5, 0.6) is 0 Å². The highest BCUT2D eigenvalue weighted by Crippen LogP contribution is 2.20. The molecule has 0 spiro atoms. The molecule has 0 amide bonds. The quantitative estimate of drug-likeness (QED) is 0.209. The van der Waals surface area contributed by atoms with Crippen LogP contribution in [-0.2, 0) is 11.2 Å². The molecule has 7 nitrogen and oxygen atoms in total. The fourth-order valence-corrected chi connectivity index (χ4v) is 3.47. The van der Waals surface area contributed by atoms with E-state index >= 15 is 0 Å². The predicted octanol–water partition coefficient (Wildman–Crippen LogP) is 4.45. The van der Waals surface area contributed by atoms with Gasteiger partial charge in [-0.25, -0.2) is 0 Å². The third kappa shape index (κ3) is 8.39. The summed E-state index contributed by atoms with van der Waals surface area (Å²) >= 11 is 5.91. The Labute approximate surface area is 200 Å². The molecule has 9 heteroatoms. The predicted molar refractivity (Wildman–Crippen MR) is 131 cm³/mol. The standard InChI is InChI=1S/C21H30ClN5O2.HI/c1-23-21(24-13-5-15-28-18-6-3-2-4-7-18)25-14-12-19-26-20(27-29-19)16-8-10-17(22)11-9-16;/h8-11,18H,2-7,12-15H2,1H3,(H2,23,24,25);1H. The van der Waals surface area contributed by atoms with E-state index in [0.29, 0.717) is 35.8 Å². The molecule has 1 aliphatic rings. The largest absolute Gasteiger partial charge is 0.378 e. The van der Waals surface area contributed by atoms with E-state index in [9.17, 15) is 0 Å². The summed E-state index contributed by atoms with van der Waals surface area (Å²) < 4.78 is 11.3. The molecule has 3 rings (SSSR count). The Morgan fingerprint density at radius 2 is 1.90 bits per heavy atom. The number of hydrogen-bond donors (Lipinski definition) is 2. The van der Waals surface area contributed by atoms with Crippen molar-refractivity contribution in [3.63, 3.8) is 0 Å². The highest BCUT2D eigenvalue weighted by molar-refractivity contribution is 14.0. The minimum atomic E-state index is 0. The highest BCUT2D eigenvalue weighted by atomic mass is 127. The summed E-state index contributed by atoms with van der Waals surface area (Å²) in [5, 5.41) is 11.3. The first-order valence-corrected chi connectivity index (χ1v) is 10.8. The van der Waals surface area contributed by atoms with Crippen LogP contribution in [0.4, 0.5) is 0 Å². The molecule has 1 aromatic heterocycles. The van der Waals surface area contributed by atoms with Gasteiger partial charge in [0.15, 0.2) is 5.96 Å². The van der Waals surface area contributed by atoms with Crippen molar-refractivity contribution in [1.29, 1.82) is 0 Å². The van der Waals surface area contributed by atoms with E-state index in [0.717, 1.165) is 31.1 Å². The average molecular weight is 548 g/mol. The lowest BCUT2D eigenvalue weighted by Gasteiger charge is -2.22. The molecule has 0 bridgehead atoms. The van der Waals surface area contributed by atoms with E-state index in [1.165, 1.54) is 32.1 Å². The van der Waals surface area contributed by atoms with Gasteiger partial charge in [-0.1, -0.05) is 36.0 Å². The number of nitrogens with one attached hydrogen (secondary N) is 2. The number of aromatic nitrogens is 2. The van der Waals surface area contributed by atoms with Gasteiger partial charge < -0.3 is 19.9 Å². The molecule has 166 valence electrons. The van der Waals surface area contributed by atoms with Crippen LogP contribution in [0, 0.1) is 0 Å². The summed E-state index contributed by atoms with van der Waals surface area (Å²) in [6, 6.07) is 7.37. The Balaban J connectivity index is 0.00000320. The summed E-state index contributed by atoms with van der Waals surface area (Å²) in [7, 11) is 1.76. The van der Waals surface area contributed by atoms with E-state index in [-0.39, 0.29) is 24.0 Å². The van der Waals surface area contributed by atoms with Crippen LogP contribution in [0.15, 0.2) is 33.8 Å². The Morgan fingerprint density at radius 1 is 1.17 bits per heavy atom. The lowest BCUT2D eigenvalue weighted by molar-refractivity contribution is 0.0277. The zero-order valence-corrected chi connectivity index (χ0v) is 20.5. The lowest BCUT2D eigenvalue weighted by atomic mass is 9.98. The molecular weight excluding hydrogens is 517 g/mol. The van der Waals surface area contributed by atoms with Crippen LogP contribution < -0.4 is 10.6 Å². The maximum absolute atomic E-state index is 5.95. The molecule has 2 aromatic rings. The second kappa shape index (κ2) is 13.8. The Bertz CT molecular complexity index is 763. The smallest absolute Gasteiger partial charge is 0.228 e. The molecular formula is C21H31ClIN5O2. The van der Waals surface area contributed by atoms with Gasteiger partial charge in [-0.2, -0.15) is 4.98 Å². The Morgan fingerprint density at radius 3 is 2.63 bits per heavy atom. The van der Waals surface area contributed by atoms with Crippen LogP contribution >= 0.6 is 35.6 Å². The SMILES string of the molecule is CN=C(NCCCOC1CCCCC1)NCCc1nc(-c2ccc(Cl)cc2)no1.I. The van der Waals surface area contributed by atoms with Crippen molar-refractivity contribution in [1.82, 2.24) is 20.8 Å². The van der Waals surface area contributed by atoms with Crippen molar-refractivity contribution in [3.05, 3.63) is 35.2 Å². The van der Waals surface area contributed by atoms with Crippen molar-refractivity contribution < 1.29 is 9.26 Å². The molecule has 0 unspecified atom stereocenters. The fraction of sp³-hybridized carbons (Fsp3) is 0.571. The molecule has 30 heavy (non-hydrogen) atoms. The summed E-state index contributed by atoms with van der Waals surface area (Å²) in [6.45, 7) is 2.28. The second-order valence-electron chi connectivity index (χ2n) is 7.18. The molecule has 2 N–H and O–H groups in total. The normalized spacial score (nSPS) is 14.9. The summed E-state index contributed by atoms with van der Waals surface area (Å²) in [5.74, 6) is 1.91. The van der Waals surface area contributed by atoms with Crippen LogP contribution in [0.25, 0.3) is 11.4 Å². The van der Waals surface area contributed by atoms with Gasteiger partial charge >= 0.3 is 0 Å². The molecule has 0 saturated heterocycles. The van der Waals surface area contributed by atoms with Gasteiger partial charge in [-0.3, -0.25) is 4.99 Å². The Kier molecular flexibility index (Phi) is 11.5. The minimum Gasteiger partial charge on any atom is -0.378 e. The zero-order chi connectivity index (χ0) is 20.3. The van der Waals surface area contributed by atoms with Crippen LogP contribution in [0.3, 0.4) is 0 Å². The van der Waals surface area contributed by atoms with Gasteiger partial charge in [0.05, 0.1) is 6.10 Å². The first-order valence-electron chi connectivity index (χ1n) is 10.4. The number of hydrogen-bond acceptors (Lipinski definition) is 5. The number of nitrogens with zero attached hydrogens (tertiary/aromatic N) is 3. The maximum atomic E-state index is 5.95. The van der Waals surface area contributed by atoms with Crippen LogP contribution in [0.2, 0.25) is 5.02 Å². The van der Waals surface area contributed by atoms with Gasteiger partial charge in [0.25, 0.3) is 0 Å². The third-order valence-corrected chi connectivity index (χ3v) is 5.20. The summed E-state index contributed by atoms with van der Waals surface area (Å²) in [5.41, 5.74) is 0.880. The van der Waals surface area contributed by atoms with Crippen LogP contribution in [-0.4, -0.2) is 48.9 Å². The minimum absolute atomic E-state index is 0. The van der Waals surface area contributed by atoms with Gasteiger partial charge in [-0.05, 0) is 43.5 Å². The van der Waals surface area contributed by atoms with Gasteiger partial charge in [-0.15, -0.1) is 24.0 Å².